The largest absolute Gasteiger partial charge is 0.368 e. The minimum atomic E-state index is -0.124. The Balaban J connectivity index is 1.44. The number of hydrogen-bond acceptors (Lipinski definition) is 4. The van der Waals surface area contributed by atoms with Crippen LogP contribution in [0.25, 0.3) is 0 Å². The molecule has 156 valence electrons. The third-order valence-corrected chi connectivity index (χ3v) is 6.36. The first-order valence-corrected chi connectivity index (χ1v) is 11.3. The molecule has 2 heterocycles. The highest BCUT2D eigenvalue weighted by Crippen LogP contribution is 2.27. The smallest absolute Gasteiger partial charge is 0.234 e. The number of nitrogens with zero attached hydrogens (tertiary/aromatic N) is 1. The van der Waals surface area contributed by atoms with Crippen molar-refractivity contribution in [3.05, 3.63) is 93.7 Å². The minimum Gasteiger partial charge on any atom is -0.368 e. The summed E-state index contributed by atoms with van der Waals surface area (Å²) in [6.07, 6.45) is 0.0786. The Labute approximate surface area is 182 Å². The Kier molecular flexibility index (Phi) is 6.62. The standard InChI is InChI=1S/C25H28N2O2S/c1-18-10-12-21(13-11-18)25(23-9-6-14-30-23)26-24(28)17-27-15-19(2)29-22(16-27)20-7-4-3-5-8-20/h3-14,19,22,25H,15-17H2,1-2H3,(H,26,28). The summed E-state index contributed by atoms with van der Waals surface area (Å²) in [5.41, 5.74) is 3.48. The van der Waals surface area contributed by atoms with Gasteiger partial charge in [0.15, 0.2) is 0 Å². The molecule has 3 atom stereocenters. The van der Waals surface area contributed by atoms with E-state index in [0.29, 0.717) is 6.54 Å². The highest BCUT2D eigenvalue weighted by molar-refractivity contribution is 7.10. The van der Waals surface area contributed by atoms with E-state index in [2.05, 4.69) is 71.9 Å². The molecule has 1 N–H and O–H groups in total. The van der Waals surface area contributed by atoms with Crippen LogP contribution in [0.4, 0.5) is 0 Å². The fourth-order valence-electron chi connectivity index (χ4n) is 3.96. The van der Waals surface area contributed by atoms with Crippen molar-refractivity contribution in [3.8, 4) is 0 Å². The molecule has 0 bridgehead atoms. The van der Waals surface area contributed by atoms with Gasteiger partial charge in [-0.05, 0) is 36.4 Å². The Morgan fingerprint density at radius 1 is 1.10 bits per heavy atom. The fraction of sp³-hybridized carbons (Fsp3) is 0.320. The van der Waals surface area contributed by atoms with Gasteiger partial charge in [-0.2, -0.15) is 0 Å². The van der Waals surface area contributed by atoms with E-state index >= 15 is 0 Å². The lowest BCUT2D eigenvalue weighted by atomic mass is 10.0. The SMILES string of the molecule is Cc1ccc(C(NC(=O)CN2CC(C)OC(c3ccccc3)C2)c2cccs2)cc1. The number of nitrogens with one attached hydrogen (secondary N) is 1. The highest BCUT2D eigenvalue weighted by Gasteiger charge is 2.28. The van der Waals surface area contributed by atoms with Gasteiger partial charge in [-0.1, -0.05) is 66.2 Å². The molecule has 30 heavy (non-hydrogen) atoms. The van der Waals surface area contributed by atoms with E-state index in [0.717, 1.165) is 29.1 Å². The van der Waals surface area contributed by atoms with Gasteiger partial charge < -0.3 is 10.1 Å². The molecule has 5 heteroatoms. The molecular weight excluding hydrogens is 392 g/mol. The lowest BCUT2D eigenvalue weighted by molar-refractivity contribution is -0.127. The van der Waals surface area contributed by atoms with Gasteiger partial charge in [-0.25, -0.2) is 0 Å². The Morgan fingerprint density at radius 2 is 1.87 bits per heavy atom. The Bertz CT molecular complexity index is 941. The van der Waals surface area contributed by atoms with E-state index in [9.17, 15) is 4.79 Å². The van der Waals surface area contributed by atoms with Gasteiger partial charge in [0.2, 0.25) is 5.91 Å². The molecule has 1 fully saturated rings. The zero-order valence-corrected chi connectivity index (χ0v) is 18.3. The first kappa shape index (κ1) is 20.8. The number of aryl methyl sites for hydroxylation is 1. The maximum absolute atomic E-state index is 13.0. The molecule has 1 aliphatic heterocycles. The quantitative estimate of drug-likeness (QED) is 0.627. The summed E-state index contributed by atoms with van der Waals surface area (Å²) in [5.74, 6) is 0.0369. The van der Waals surface area contributed by atoms with Crippen molar-refractivity contribution in [2.24, 2.45) is 0 Å². The van der Waals surface area contributed by atoms with Crippen molar-refractivity contribution >= 4 is 17.2 Å². The van der Waals surface area contributed by atoms with E-state index in [1.807, 2.05) is 24.3 Å². The molecule has 3 aromatic rings. The molecule has 0 saturated carbocycles. The molecule has 4 rings (SSSR count). The summed E-state index contributed by atoms with van der Waals surface area (Å²) in [4.78, 5) is 16.4. The van der Waals surface area contributed by atoms with Crippen molar-refractivity contribution in [3.63, 3.8) is 0 Å². The van der Waals surface area contributed by atoms with Crippen LogP contribution in [0.15, 0.2) is 72.1 Å². The first-order valence-electron chi connectivity index (χ1n) is 10.4. The van der Waals surface area contributed by atoms with Crippen molar-refractivity contribution in [2.45, 2.75) is 32.1 Å². The van der Waals surface area contributed by atoms with Crippen molar-refractivity contribution in [1.29, 1.82) is 0 Å². The molecule has 0 spiro atoms. The zero-order chi connectivity index (χ0) is 20.9. The molecule has 1 amide bonds. The molecule has 1 aliphatic rings. The van der Waals surface area contributed by atoms with Crippen LogP contribution in [0.5, 0.6) is 0 Å². The van der Waals surface area contributed by atoms with Gasteiger partial charge in [0.25, 0.3) is 0 Å². The molecule has 3 unspecified atom stereocenters. The number of ether oxygens (including phenoxy) is 1. The van der Waals surface area contributed by atoms with Crippen LogP contribution in [0.1, 0.15) is 40.6 Å². The average molecular weight is 421 g/mol. The first-order chi connectivity index (χ1) is 14.6. The predicted octanol–water partition coefficient (Wildman–Crippen LogP) is 4.72. The summed E-state index contributed by atoms with van der Waals surface area (Å²) in [6, 6.07) is 22.6. The Hall–Kier alpha value is -2.47. The monoisotopic (exact) mass is 420 g/mol. The maximum atomic E-state index is 13.0. The van der Waals surface area contributed by atoms with Gasteiger partial charge in [0.1, 0.15) is 0 Å². The third-order valence-electron chi connectivity index (χ3n) is 5.42. The molecule has 0 aliphatic carbocycles. The van der Waals surface area contributed by atoms with E-state index in [1.165, 1.54) is 5.56 Å². The van der Waals surface area contributed by atoms with Crippen molar-refractivity contribution in [1.82, 2.24) is 10.2 Å². The van der Waals surface area contributed by atoms with Crippen LogP contribution in [-0.2, 0) is 9.53 Å². The molecule has 2 aromatic carbocycles. The normalized spacial score (nSPS) is 20.6. The number of thiophene rings is 1. The van der Waals surface area contributed by atoms with Crippen LogP contribution in [0.2, 0.25) is 0 Å². The molecular formula is C25H28N2O2S. The van der Waals surface area contributed by atoms with Crippen LogP contribution >= 0.6 is 11.3 Å². The number of morpholine rings is 1. The number of carbonyl (C=O) groups is 1. The van der Waals surface area contributed by atoms with E-state index in [1.54, 1.807) is 11.3 Å². The lowest BCUT2D eigenvalue weighted by Gasteiger charge is -2.36. The molecule has 4 nitrogen and oxygen atoms in total. The van der Waals surface area contributed by atoms with Crippen LogP contribution in [0, 0.1) is 6.92 Å². The Morgan fingerprint density at radius 3 is 2.57 bits per heavy atom. The highest BCUT2D eigenvalue weighted by atomic mass is 32.1. The number of rotatable bonds is 6. The zero-order valence-electron chi connectivity index (χ0n) is 17.5. The summed E-state index contributed by atoms with van der Waals surface area (Å²) < 4.78 is 6.13. The fourth-order valence-corrected chi connectivity index (χ4v) is 4.77. The van der Waals surface area contributed by atoms with Crippen LogP contribution in [-0.4, -0.2) is 36.5 Å². The topological polar surface area (TPSA) is 41.6 Å². The van der Waals surface area contributed by atoms with Crippen molar-refractivity contribution < 1.29 is 9.53 Å². The molecule has 0 radical (unpaired) electrons. The van der Waals surface area contributed by atoms with Gasteiger partial charge in [-0.3, -0.25) is 9.69 Å². The van der Waals surface area contributed by atoms with Gasteiger partial charge in [-0.15, -0.1) is 11.3 Å². The van der Waals surface area contributed by atoms with Crippen molar-refractivity contribution in [2.75, 3.05) is 19.6 Å². The van der Waals surface area contributed by atoms with Crippen LogP contribution < -0.4 is 5.32 Å². The molecule has 1 aromatic heterocycles. The van der Waals surface area contributed by atoms with E-state index < -0.39 is 0 Å². The third kappa shape index (κ3) is 5.17. The number of benzene rings is 2. The van der Waals surface area contributed by atoms with Gasteiger partial charge >= 0.3 is 0 Å². The summed E-state index contributed by atoms with van der Waals surface area (Å²) in [7, 11) is 0. The number of carbonyl (C=O) groups excluding carboxylic acids is 1. The predicted molar refractivity (Wildman–Crippen MR) is 122 cm³/mol. The number of amides is 1. The molecule has 1 saturated heterocycles. The second kappa shape index (κ2) is 9.56. The maximum Gasteiger partial charge on any atom is 0.234 e. The average Bonchev–Trinajstić information content (AvgIpc) is 3.28. The minimum absolute atomic E-state index is 0.00654. The second-order valence-corrected chi connectivity index (χ2v) is 8.95. The van der Waals surface area contributed by atoms with E-state index in [-0.39, 0.29) is 24.2 Å². The summed E-state index contributed by atoms with van der Waals surface area (Å²) in [5, 5.41) is 5.31. The van der Waals surface area contributed by atoms with E-state index in [4.69, 9.17) is 4.74 Å². The number of hydrogen-bond donors (Lipinski definition) is 1. The van der Waals surface area contributed by atoms with Gasteiger partial charge in [0, 0.05) is 18.0 Å². The van der Waals surface area contributed by atoms with Crippen LogP contribution in [0.3, 0.4) is 0 Å². The van der Waals surface area contributed by atoms with Gasteiger partial charge in [0.05, 0.1) is 24.8 Å². The lowest BCUT2D eigenvalue weighted by Crippen LogP contribution is -2.47. The summed E-state index contributed by atoms with van der Waals surface area (Å²) in [6.45, 7) is 5.98. The second-order valence-electron chi connectivity index (χ2n) is 7.97. The summed E-state index contributed by atoms with van der Waals surface area (Å²) >= 11 is 1.67.